The van der Waals surface area contributed by atoms with Gasteiger partial charge in [-0.2, -0.15) is 0 Å². The lowest BCUT2D eigenvalue weighted by Crippen LogP contribution is -2.19. The molecular formula is C17H22BrN3. The Kier molecular flexibility index (Phi) is 5.76. The Morgan fingerprint density at radius 2 is 2.00 bits per heavy atom. The van der Waals surface area contributed by atoms with E-state index in [0.29, 0.717) is 0 Å². The van der Waals surface area contributed by atoms with E-state index in [9.17, 15) is 0 Å². The quantitative estimate of drug-likeness (QED) is 0.858. The number of nitrogens with zero attached hydrogens (tertiary/aromatic N) is 2. The standard InChI is InChI=1S/C17H22BrN3/c1-4-19-11-15-8-13(2)20-17(10-15)21(3)12-14-6-5-7-16(18)9-14/h5-10,19H,4,11-12H2,1-3H3. The predicted octanol–water partition coefficient (Wildman–Crippen LogP) is 3.90. The SMILES string of the molecule is CCNCc1cc(C)nc(N(C)Cc2cccc(Br)c2)c1. The van der Waals surface area contributed by atoms with Crippen molar-refractivity contribution in [3.8, 4) is 0 Å². The van der Waals surface area contributed by atoms with Crippen molar-refractivity contribution < 1.29 is 0 Å². The van der Waals surface area contributed by atoms with Crippen molar-refractivity contribution in [3.05, 3.63) is 57.7 Å². The summed E-state index contributed by atoms with van der Waals surface area (Å²) in [5, 5.41) is 3.36. The molecule has 0 bridgehead atoms. The molecule has 0 amide bonds. The lowest BCUT2D eigenvalue weighted by Gasteiger charge is -2.20. The Morgan fingerprint density at radius 1 is 1.19 bits per heavy atom. The van der Waals surface area contributed by atoms with Crippen LogP contribution >= 0.6 is 15.9 Å². The monoisotopic (exact) mass is 347 g/mol. The lowest BCUT2D eigenvalue weighted by molar-refractivity contribution is 0.724. The summed E-state index contributed by atoms with van der Waals surface area (Å²) in [4.78, 5) is 6.83. The van der Waals surface area contributed by atoms with Crippen LogP contribution in [-0.2, 0) is 13.1 Å². The van der Waals surface area contributed by atoms with Crippen molar-refractivity contribution in [1.82, 2.24) is 10.3 Å². The summed E-state index contributed by atoms with van der Waals surface area (Å²) in [5.74, 6) is 1.02. The summed E-state index contributed by atoms with van der Waals surface area (Å²) in [6, 6.07) is 12.7. The fourth-order valence-electron chi connectivity index (χ4n) is 2.28. The molecule has 1 aromatic heterocycles. The Labute approximate surface area is 135 Å². The molecule has 0 radical (unpaired) electrons. The summed E-state index contributed by atoms with van der Waals surface area (Å²) in [7, 11) is 2.08. The van der Waals surface area contributed by atoms with Crippen LogP contribution in [-0.4, -0.2) is 18.6 Å². The van der Waals surface area contributed by atoms with Crippen LogP contribution < -0.4 is 10.2 Å². The molecule has 2 rings (SSSR count). The van der Waals surface area contributed by atoms with Crippen molar-refractivity contribution in [3.63, 3.8) is 0 Å². The van der Waals surface area contributed by atoms with Gasteiger partial charge in [-0.1, -0.05) is 35.0 Å². The number of halogens is 1. The highest BCUT2D eigenvalue weighted by Crippen LogP contribution is 2.18. The second-order valence-electron chi connectivity index (χ2n) is 5.24. The van der Waals surface area contributed by atoms with Gasteiger partial charge in [-0.05, 0) is 48.9 Å². The number of rotatable bonds is 6. The summed E-state index contributed by atoms with van der Waals surface area (Å²) >= 11 is 3.52. The molecule has 1 heterocycles. The zero-order valence-electron chi connectivity index (χ0n) is 12.9. The molecule has 0 spiro atoms. The van der Waals surface area contributed by atoms with Gasteiger partial charge in [0.05, 0.1) is 0 Å². The smallest absolute Gasteiger partial charge is 0.129 e. The Morgan fingerprint density at radius 3 is 2.71 bits per heavy atom. The van der Waals surface area contributed by atoms with Crippen molar-refractivity contribution >= 4 is 21.7 Å². The van der Waals surface area contributed by atoms with E-state index in [-0.39, 0.29) is 0 Å². The maximum absolute atomic E-state index is 4.65. The molecule has 0 aliphatic carbocycles. The molecule has 21 heavy (non-hydrogen) atoms. The van der Waals surface area contributed by atoms with E-state index in [4.69, 9.17) is 0 Å². The first-order chi connectivity index (χ1) is 10.1. The van der Waals surface area contributed by atoms with Gasteiger partial charge in [0.15, 0.2) is 0 Å². The summed E-state index contributed by atoms with van der Waals surface area (Å²) in [6.07, 6.45) is 0. The third-order valence-corrected chi connectivity index (χ3v) is 3.77. The topological polar surface area (TPSA) is 28.2 Å². The third kappa shape index (κ3) is 4.83. The first-order valence-corrected chi connectivity index (χ1v) is 8.01. The summed E-state index contributed by atoms with van der Waals surface area (Å²) in [5.41, 5.74) is 3.60. The maximum Gasteiger partial charge on any atom is 0.129 e. The number of aryl methyl sites for hydroxylation is 1. The number of aromatic nitrogens is 1. The van der Waals surface area contributed by atoms with Crippen LogP contribution in [0.1, 0.15) is 23.7 Å². The molecule has 112 valence electrons. The Balaban J connectivity index is 2.14. The summed E-state index contributed by atoms with van der Waals surface area (Å²) < 4.78 is 1.11. The molecule has 0 saturated carbocycles. The molecule has 1 N–H and O–H groups in total. The fourth-order valence-corrected chi connectivity index (χ4v) is 2.72. The molecule has 0 unspecified atom stereocenters. The van der Waals surface area contributed by atoms with Gasteiger partial charge in [-0.3, -0.25) is 0 Å². The second-order valence-corrected chi connectivity index (χ2v) is 6.16. The molecule has 4 heteroatoms. The van der Waals surface area contributed by atoms with E-state index in [1.54, 1.807) is 0 Å². The minimum Gasteiger partial charge on any atom is -0.355 e. The average Bonchev–Trinajstić information content (AvgIpc) is 2.44. The Hall–Kier alpha value is -1.39. The van der Waals surface area contributed by atoms with Gasteiger partial charge in [0.1, 0.15) is 5.82 Å². The molecule has 1 aromatic carbocycles. The van der Waals surface area contributed by atoms with Gasteiger partial charge in [-0.15, -0.1) is 0 Å². The number of hydrogen-bond donors (Lipinski definition) is 1. The highest BCUT2D eigenvalue weighted by molar-refractivity contribution is 9.10. The summed E-state index contributed by atoms with van der Waals surface area (Å²) in [6.45, 7) is 6.87. The Bertz CT molecular complexity index is 598. The molecular weight excluding hydrogens is 326 g/mol. The zero-order chi connectivity index (χ0) is 15.2. The van der Waals surface area contributed by atoms with Crippen LogP contribution in [0, 0.1) is 6.92 Å². The average molecular weight is 348 g/mol. The van der Waals surface area contributed by atoms with E-state index < -0.39 is 0 Å². The van der Waals surface area contributed by atoms with E-state index in [0.717, 1.165) is 35.6 Å². The largest absolute Gasteiger partial charge is 0.355 e. The van der Waals surface area contributed by atoms with Crippen LogP contribution in [0.3, 0.4) is 0 Å². The predicted molar refractivity (Wildman–Crippen MR) is 92.6 cm³/mol. The molecule has 0 fully saturated rings. The van der Waals surface area contributed by atoms with E-state index >= 15 is 0 Å². The van der Waals surface area contributed by atoms with Gasteiger partial charge in [-0.25, -0.2) is 4.98 Å². The van der Waals surface area contributed by atoms with Gasteiger partial charge in [0.2, 0.25) is 0 Å². The molecule has 0 aliphatic heterocycles. The first kappa shape index (κ1) is 16.0. The van der Waals surface area contributed by atoms with Crippen LogP contribution in [0.25, 0.3) is 0 Å². The van der Waals surface area contributed by atoms with Crippen LogP contribution in [0.4, 0.5) is 5.82 Å². The second kappa shape index (κ2) is 7.57. The van der Waals surface area contributed by atoms with Crippen LogP contribution in [0.15, 0.2) is 40.9 Å². The number of nitrogens with one attached hydrogen (secondary N) is 1. The normalized spacial score (nSPS) is 10.7. The highest BCUT2D eigenvalue weighted by atomic mass is 79.9. The molecule has 3 nitrogen and oxygen atoms in total. The van der Waals surface area contributed by atoms with Gasteiger partial charge < -0.3 is 10.2 Å². The molecule has 0 aliphatic rings. The number of pyridine rings is 1. The lowest BCUT2D eigenvalue weighted by atomic mass is 10.2. The highest BCUT2D eigenvalue weighted by Gasteiger charge is 2.06. The van der Waals surface area contributed by atoms with E-state index in [2.05, 4.69) is 75.4 Å². The maximum atomic E-state index is 4.65. The van der Waals surface area contributed by atoms with Crippen molar-refractivity contribution in [2.45, 2.75) is 26.9 Å². The molecule has 0 saturated heterocycles. The minimum absolute atomic E-state index is 0.844. The van der Waals surface area contributed by atoms with Crippen LogP contribution in [0.5, 0.6) is 0 Å². The van der Waals surface area contributed by atoms with Gasteiger partial charge in [0, 0.05) is 30.3 Å². The third-order valence-electron chi connectivity index (χ3n) is 3.28. The minimum atomic E-state index is 0.844. The van der Waals surface area contributed by atoms with E-state index in [1.165, 1.54) is 11.1 Å². The van der Waals surface area contributed by atoms with Gasteiger partial charge >= 0.3 is 0 Å². The number of benzene rings is 1. The zero-order valence-corrected chi connectivity index (χ0v) is 14.4. The van der Waals surface area contributed by atoms with Crippen molar-refractivity contribution in [1.29, 1.82) is 0 Å². The number of anilines is 1. The first-order valence-electron chi connectivity index (χ1n) is 7.22. The van der Waals surface area contributed by atoms with Crippen molar-refractivity contribution in [2.24, 2.45) is 0 Å². The van der Waals surface area contributed by atoms with Gasteiger partial charge in [0.25, 0.3) is 0 Å². The number of hydrogen-bond acceptors (Lipinski definition) is 3. The fraction of sp³-hybridized carbons (Fsp3) is 0.353. The molecule has 2 aromatic rings. The van der Waals surface area contributed by atoms with Crippen molar-refractivity contribution in [2.75, 3.05) is 18.5 Å². The van der Waals surface area contributed by atoms with E-state index in [1.807, 2.05) is 13.0 Å². The van der Waals surface area contributed by atoms with Crippen LogP contribution in [0.2, 0.25) is 0 Å². The molecule has 0 atom stereocenters.